The smallest absolute Gasteiger partial charge is 0.369 e. The van der Waals surface area contributed by atoms with E-state index in [1.807, 2.05) is 11.4 Å². The predicted molar refractivity (Wildman–Crippen MR) is 80.3 cm³/mol. The first-order valence-electron chi connectivity index (χ1n) is 5.91. The molecule has 0 saturated carbocycles. The van der Waals surface area contributed by atoms with Crippen molar-refractivity contribution >= 4 is 44.2 Å². The normalized spacial score (nSPS) is 12.2. The number of thiophene rings is 1. The van der Waals surface area contributed by atoms with Crippen LogP contribution >= 0.6 is 27.3 Å². The second-order valence-corrected chi connectivity index (χ2v) is 6.30. The van der Waals surface area contributed by atoms with Crippen LogP contribution in [0.5, 0.6) is 0 Å². The van der Waals surface area contributed by atoms with Crippen LogP contribution in [0.15, 0.2) is 34.1 Å². The van der Waals surface area contributed by atoms with Crippen LogP contribution in [-0.4, -0.2) is 9.55 Å². The number of benzene rings is 1. The summed E-state index contributed by atoms with van der Waals surface area (Å²) in [4.78, 5) is 5.06. The number of anilines is 1. The van der Waals surface area contributed by atoms with Gasteiger partial charge in [0.15, 0.2) is 0 Å². The zero-order valence-electron chi connectivity index (χ0n) is 10.5. The lowest BCUT2D eigenvalue weighted by Crippen LogP contribution is -2.05. The molecule has 0 bridgehead atoms. The maximum Gasteiger partial charge on any atom is 0.416 e. The zero-order valence-corrected chi connectivity index (χ0v) is 12.9. The molecule has 21 heavy (non-hydrogen) atoms. The van der Waals surface area contributed by atoms with Crippen molar-refractivity contribution in [3.8, 4) is 0 Å². The second kappa shape index (κ2) is 5.03. The minimum absolute atomic E-state index is 0.199. The molecule has 110 valence electrons. The van der Waals surface area contributed by atoms with Gasteiger partial charge in [-0.15, -0.1) is 11.3 Å². The van der Waals surface area contributed by atoms with Gasteiger partial charge in [0.25, 0.3) is 0 Å². The lowest BCUT2D eigenvalue weighted by atomic mass is 10.2. The van der Waals surface area contributed by atoms with Crippen LogP contribution < -0.4 is 5.73 Å². The van der Waals surface area contributed by atoms with E-state index < -0.39 is 11.7 Å². The summed E-state index contributed by atoms with van der Waals surface area (Å²) in [6, 6.07) is 5.38. The number of halogens is 4. The molecule has 0 aliphatic heterocycles. The Bertz CT molecular complexity index is 807. The van der Waals surface area contributed by atoms with Crippen molar-refractivity contribution in [1.82, 2.24) is 9.55 Å². The monoisotopic (exact) mass is 375 g/mol. The highest BCUT2D eigenvalue weighted by Gasteiger charge is 2.31. The predicted octanol–water partition coefficient (Wildman–Crippen LogP) is 4.51. The number of aromatic nitrogens is 2. The molecule has 0 atom stereocenters. The maximum atomic E-state index is 12.7. The van der Waals surface area contributed by atoms with Gasteiger partial charge in [-0.05, 0) is 45.6 Å². The molecule has 0 spiro atoms. The number of nitrogens with two attached hydrogens (primary N) is 1. The van der Waals surface area contributed by atoms with Gasteiger partial charge in [0, 0.05) is 9.35 Å². The summed E-state index contributed by atoms with van der Waals surface area (Å²) in [5.74, 6) is 0.199. The van der Waals surface area contributed by atoms with E-state index in [1.54, 1.807) is 15.9 Å². The molecule has 1 aromatic carbocycles. The first-order chi connectivity index (χ1) is 9.86. The highest BCUT2D eigenvalue weighted by Crippen LogP contribution is 2.32. The molecular formula is C13H9BrF3N3S. The molecule has 0 aliphatic carbocycles. The minimum Gasteiger partial charge on any atom is -0.369 e. The second-order valence-electron chi connectivity index (χ2n) is 4.45. The van der Waals surface area contributed by atoms with Crippen molar-refractivity contribution in [2.45, 2.75) is 12.7 Å². The maximum absolute atomic E-state index is 12.7. The third-order valence-corrected chi connectivity index (χ3v) is 5.01. The molecular weight excluding hydrogens is 367 g/mol. The van der Waals surface area contributed by atoms with Crippen LogP contribution in [0.1, 0.15) is 10.4 Å². The molecule has 2 aromatic heterocycles. The number of fused-ring (bicyclic) bond motifs is 1. The van der Waals surface area contributed by atoms with Gasteiger partial charge in [-0.25, -0.2) is 4.98 Å². The highest BCUT2D eigenvalue weighted by molar-refractivity contribution is 9.10. The SMILES string of the molecule is Nc1nc2cc(C(F)(F)F)ccc2n1Cc1sccc1Br. The van der Waals surface area contributed by atoms with Gasteiger partial charge in [0.1, 0.15) is 0 Å². The molecule has 8 heteroatoms. The van der Waals surface area contributed by atoms with Crippen molar-refractivity contribution in [3.63, 3.8) is 0 Å². The number of imidazole rings is 1. The van der Waals surface area contributed by atoms with E-state index in [0.29, 0.717) is 12.1 Å². The quantitative estimate of drug-likeness (QED) is 0.715. The molecule has 0 saturated heterocycles. The lowest BCUT2D eigenvalue weighted by molar-refractivity contribution is -0.137. The summed E-state index contributed by atoms with van der Waals surface area (Å²) in [7, 11) is 0. The van der Waals surface area contributed by atoms with E-state index in [2.05, 4.69) is 20.9 Å². The summed E-state index contributed by atoms with van der Waals surface area (Å²) in [5, 5.41) is 1.93. The lowest BCUT2D eigenvalue weighted by Gasteiger charge is -2.07. The summed E-state index contributed by atoms with van der Waals surface area (Å²) < 4.78 is 40.8. The summed E-state index contributed by atoms with van der Waals surface area (Å²) >= 11 is 4.97. The Balaban J connectivity index is 2.08. The fraction of sp³-hybridized carbons (Fsp3) is 0.154. The Morgan fingerprint density at radius 3 is 2.67 bits per heavy atom. The third kappa shape index (κ3) is 2.65. The number of hydrogen-bond donors (Lipinski definition) is 1. The molecule has 0 amide bonds. The van der Waals surface area contributed by atoms with Crippen LogP contribution in [0.3, 0.4) is 0 Å². The molecule has 0 radical (unpaired) electrons. The van der Waals surface area contributed by atoms with Gasteiger partial charge in [0.05, 0.1) is 23.1 Å². The molecule has 3 aromatic rings. The molecule has 3 nitrogen and oxygen atoms in total. The fourth-order valence-corrected chi connectivity index (χ4v) is 3.54. The van der Waals surface area contributed by atoms with E-state index in [1.165, 1.54) is 6.07 Å². The van der Waals surface area contributed by atoms with E-state index in [9.17, 15) is 13.2 Å². The molecule has 2 heterocycles. The van der Waals surface area contributed by atoms with E-state index in [-0.39, 0.29) is 11.5 Å². The number of nitrogen functional groups attached to an aromatic ring is 1. The minimum atomic E-state index is -4.39. The van der Waals surface area contributed by atoms with Gasteiger partial charge in [-0.1, -0.05) is 0 Å². The molecule has 3 rings (SSSR count). The van der Waals surface area contributed by atoms with Crippen LogP contribution in [0.4, 0.5) is 19.1 Å². The van der Waals surface area contributed by atoms with Gasteiger partial charge in [-0.2, -0.15) is 13.2 Å². The van der Waals surface area contributed by atoms with Gasteiger partial charge in [0.2, 0.25) is 5.95 Å². The van der Waals surface area contributed by atoms with E-state index >= 15 is 0 Å². The van der Waals surface area contributed by atoms with Gasteiger partial charge < -0.3 is 10.3 Å². The Morgan fingerprint density at radius 2 is 2.05 bits per heavy atom. The van der Waals surface area contributed by atoms with Gasteiger partial charge in [-0.3, -0.25) is 0 Å². The van der Waals surface area contributed by atoms with Crippen LogP contribution in [0.2, 0.25) is 0 Å². The number of hydrogen-bond acceptors (Lipinski definition) is 3. The van der Waals surface area contributed by atoms with E-state index in [0.717, 1.165) is 21.5 Å². The topological polar surface area (TPSA) is 43.8 Å². The molecule has 2 N–H and O–H groups in total. The van der Waals surface area contributed by atoms with Crippen molar-refractivity contribution in [2.24, 2.45) is 0 Å². The Labute approximate surface area is 130 Å². The summed E-state index contributed by atoms with van der Waals surface area (Å²) in [6.07, 6.45) is -4.39. The number of alkyl halides is 3. The van der Waals surface area contributed by atoms with Gasteiger partial charge >= 0.3 is 6.18 Å². The van der Waals surface area contributed by atoms with Crippen molar-refractivity contribution in [1.29, 1.82) is 0 Å². The zero-order chi connectivity index (χ0) is 15.2. The van der Waals surface area contributed by atoms with E-state index in [4.69, 9.17) is 5.73 Å². The Kier molecular flexibility index (Phi) is 3.45. The fourth-order valence-electron chi connectivity index (χ4n) is 2.07. The molecule has 0 unspecified atom stereocenters. The third-order valence-electron chi connectivity index (χ3n) is 3.10. The Morgan fingerprint density at radius 1 is 1.29 bits per heavy atom. The first-order valence-corrected chi connectivity index (χ1v) is 7.58. The van der Waals surface area contributed by atoms with Crippen LogP contribution in [0.25, 0.3) is 11.0 Å². The largest absolute Gasteiger partial charge is 0.416 e. The summed E-state index contributed by atoms with van der Waals surface area (Å²) in [5.41, 5.74) is 5.94. The van der Waals surface area contributed by atoms with Crippen LogP contribution in [-0.2, 0) is 12.7 Å². The average Bonchev–Trinajstić information content (AvgIpc) is 2.93. The van der Waals surface area contributed by atoms with Crippen molar-refractivity contribution in [3.05, 3.63) is 44.6 Å². The molecule has 0 fully saturated rings. The standard InChI is InChI=1S/C13H9BrF3N3S/c14-8-3-4-21-11(8)6-20-10-2-1-7(13(15,16)17)5-9(10)19-12(20)18/h1-5H,6H2,(H2,18,19). The Hall–Kier alpha value is -1.54. The average molecular weight is 376 g/mol. The van der Waals surface area contributed by atoms with Crippen molar-refractivity contribution < 1.29 is 13.2 Å². The van der Waals surface area contributed by atoms with Crippen LogP contribution in [0, 0.1) is 0 Å². The van der Waals surface area contributed by atoms with Crippen molar-refractivity contribution in [2.75, 3.05) is 5.73 Å². The number of nitrogens with zero attached hydrogens (tertiary/aromatic N) is 2. The molecule has 0 aliphatic rings. The first kappa shape index (κ1) is 14.4. The highest BCUT2D eigenvalue weighted by atomic mass is 79.9. The number of rotatable bonds is 2. The summed E-state index contributed by atoms with van der Waals surface area (Å²) in [6.45, 7) is 0.464.